The van der Waals surface area contributed by atoms with E-state index in [0.29, 0.717) is 24.5 Å². The van der Waals surface area contributed by atoms with Crippen LogP contribution in [0.25, 0.3) is 0 Å². The monoisotopic (exact) mass is 269 g/mol. The van der Waals surface area contributed by atoms with Crippen LogP contribution in [-0.4, -0.2) is 54.7 Å². The van der Waals surface area contributed by atoms with E-state index >= 15 is 0 Å². The van der Waals surface area contributed by atoms with E-state index < -0.39 is 0 Å². The van der Waals surface area contributed by atoms with Crippen molar-refractivity contribution >= 4 is 0 Å². The molecule has 4 heteroatoms. The highest BCUT2D eigenvalue weighted by Crippen LogP contribution is 2.45. The van der Waals surface area contributed by atoms with Crippen LogP contribution >= 0.6 is 0 Å². The molecular weight excluding hydrogens is 242 g/mol. The van der Waals surface area contributed by atoms with E-state index in [1.165, 1.54) is 12.8 Å². The van der Waals surface area contributed by atoms with Gasteiger partial charge in [-0.25, -0.2) is 0 Å². The Morgan fingerprint density at radius 1 is 1.32 bits per heavy atom. The van der Waals surface area contributed by atoms with Crippen LogP contribution in [0.5, 0.6) is 0 Å². The molecule has 3 aliphatic rings. The Hall–Kier alpha value is -0.160. The van der Waals surface area contributed by atoms with Gasteiger partial charge in [-0.3, -0.25) is 4.90 Å². The smallest absolute Gasteiger partial charge is 0.168 e. The number of piperidine rings is 1. The van der Waals surface area contributed by atoms with Crippen molar-refractivity contribution in [3.8, 4) is 0 Å². The Kier molecular flexibility index (Phi) is 4.13. The Morgan fingerprint density at radius 3 is 2.79 bits per heavy atom. The maximum Gasteiger partial charge on any atom is 0.168 e. The maximum atomic E-state index is 9.53. The lowest BCUT2D eigenvalue weighted by Crippen LogP contribution is -2.55. The van der Waals surface area contributed by atoms with Gasteiger partial charge in [-0.15, -0.1) is 0 Å². The number of likely N-dealkylation sites (tertiary alicyclic amines) is 1. The van der Waals surface area contributed by atoms with Crippen LogP contribution in [0, 0.1) is 11.8 Å². The van der Waals surface area contributed by atoms with Gasteiger partial charge < -0.3 is 14.6 Å². The zero-order chi connectivity index (χ0) is 13.3. The molecule has 1 aliphatic carbocycles. The Morgan fingerprint density at radius 2 is 2.11 bits per heavy atom. The molecule has 0 aromatic carbocycles. The Labute approximate surface area is 116 Å². The summed E-state index contributed by atoms with van der Waals surface area (Å²) >= 11 is 0. The second-order valence-corrected chi connectivity index (χ2v) is 6.46. The highest BCUT2D eigenvalue weighted by molar-refractivity contribution is 4.96. The number of ether oxygens (including phenoxy) is 2. The summed E-state index contributed by atoms with van der Waals surface area (Å²) in [4.78, 5) is 2.61. The second-order valence-electron chi connectivity index (χ2n) is 6.46. The van der Waals surface area contributed by atoms with Gasteiger partial charge in [-0.2, -0.15) is 0 Å². The minimum Gasteiger partial charge on any atom is -0.396 e. The zero-order valence-corrected chi connectivity index (χ0v) is 12.0. The fourth-order valence-electron chi connectivity index (χ4n) is 4.37. The Balaban J connectivity index is 1.71. The lowest BCUT2D eigenvalue weighted by molar-refractivity contribution is -0.204. The SMILES string of the molecule is CCCN1C[C@H](CO)C[C@H]2CC3(CC[C@@H]21)OCCO3. The number of rotatable bonds is 3. The van der Waals surface area contributed by atoms with Crippen LogP contribution in [0.3, 0.4) is 0 Å². The first-order chi connectivity index (χ1) is 9.26. The van der Waals surface area contributed by atoms with E-state index in [2.05, 4.69) is 11.8 Å². The van der Waals surface area contributed by atoms with Gasteiger partial charge in [0.05, 0.1) is 13.2 Å². The molecule has 2 aliphatic heterocycles. The molecule has 3 rings (SSSR count). The molecule has 0 aromatic rings. The number of nitrogens with zero attached hydrogens (tertiary/aromatic N) is 1. The number of aliphatic hydroxyl groups excluding tert-OH is 1. The maximum absolute atomic E-state index is 9.53. The van der Waals surface area contributed by atoms with Crippen molar-refractivity contribution in [2.45, 2.75) is 50.9 Å². The van der Waals surface area contributed by atoms with Crippen molar-refractivity contribution in [2.75, 3.05) is 32.9 Å². The van der Waals surface area contributed by atoms with Gasteiger partial charge in [0.1, 0.15) is 0 Å². The molecular formula is C15H27NO3. The number of hydrogen-bond donors (Lipinski definition) is 1. The van der Waals surface area contributed by atoms with Gasteiger partial charge in [-0.1, -0.05) is 6.92 Å². The van der Waals surface area contributed by atoms with Crippen molar-refractivity contribution in [3.63, 3.8) is 0 Å². The lowest BCUT2D eigenvalue weighted by atomic mass is 9.72. The largest absolute Gasteiger partial charge is 0.396 e. The fourth-order valence-corrected chi connectivity index (χ4v) is 4.37. The van der Waals surface area contributed by atoms with E-state index in [-0.39, 0.29) is 5.79 Å². The summed E-state index contributed by atoms with van der Waals surface area (Å²) in [5, 5.41) is 9.53. The van der Waals surface area contributed by atoms with Crippen LogP contribution in [0.2, 0.25) is 0 Å². The van der Waals surface area contributed by atoms with E-state index in [9.17, 15) is 5.11 Å². The van der Waals surface area contributed by atoms with E-state index in [0.717, 1.165) is 45.6 Å². The minimum atomic E-state index is -0.281. The third kappa shape index (κ3) is 2.68. The molecule has 0 aromatic heterocycles. The fraction of sp³-hybridized carbons (Fsp3) is 1.00. The number of aliphatic hydroxyl groups is 1. The molecule has 19 heavy (non-hydrogen) atoms. The molecule has 0 amide bonds. The second kappa shape index (κ2) is 5.68. The molecule has 2 heterocycles. The third-order valence-electron chi connectivity index (χ3n) is 5.12. The summed E-state index contributed by atoms with van der Waals surface area (Å²) < 4.78 is 11.8. The molecule has 110 valence electrons. The quantitative estimate of drug-likeness (QED) is 0.845. The zero-order valence-electron chi connectivity index (χ0n) is 12.0. The Bertz CT molecular complexity index is 304. The lowest BCUT2D eigenvalue weighted by Gasteiger charge is -2.50. The number of hydrogen-bond acceptors (Lipinski definition) is 4. The topological polar surface area (TPSA) is 41.9 Å². The van der Waals surface area contributed by atoms with Crippen molar-refractivity contribution in [1.82, 2.24) is 4.90 Å². The summed E-state index contributed by atoms with van der Waals surface area (Å²) in [6, 6.07) is 0.682. The first-order valence-corrected chi connectivity index (χ1v) is 7.89. The number of fused-ring (bicyclic) bond motifs is 1. The average Bonchev–Trinajstić information content (AvgIpc) is 2.86. The molecule has 1 spiro atoms. The summed E-state index contributed by atoms with van der Waals surface area (Å²) in [6.07, 6.45) is 5.57. The molecule has 4 nitrogen and oxygen atoms in total. The van der Waals surface area contributed by atoms with Gasteiger partial charge >= 0.3 is 0 Å². The van der Waals surface area contributed by atoms with E-state index in [4.69, 9.17) is 9.47 Å². The molecule has 2 saturated heterocycles. The summed E-state index contributed by atoms with van der Waals surface area (Å²) in [5.74, 6) is 0.782. The van der Waals surface area contributed by atoms with Gasteiger partial charge in [0, 0.05) is 32.0 Å². The van der Waals surface area contributed by atoms with Gasteiger partial charge in [-0.05, 0) is 37.6 Å². The van der Waals surface area contributed by atoms with Crippen molar-refractivity contribution in [3.05, 3.63) is 0 Å². The molecule has 0 radical (unpaired) electrons. The molecule has 0 bridgehead atoms. The molecule has 1 saturated carbocycles. The summed E-state index contributed by atoms with van der Waals surface area (Å²) in [6.45, 7) is 6.29. The van der Waals surface area contributed by atoms with Crippen LogP contribution in [0.1, 0.15) is 39.0 Å². The first-order valence-electron chi connectivity index (χ1n) is 7.89. The average molecular weight is 269 g/mol. The highest BCUT2D eigenvalue weighted by Gasteiger charge is 2.48. The van der Waals surface area contributed by atoms with E-state index in [1.807, 2.05) is 0 Å². The van der Waals surface area contributed by atoms with Gasteiger partial charge in [0.2, 0.25) is 0 Å². The molecule has 1 N–H and O–H groups in total. The van der Waals surface area contributed by atoms with Crippen LogP contribution in [0.4, 0.5) is 0 Å². The van der Waals surface area contributed by atoms with Crippen molar-refractivity contribution < 1.29 is 14.6 Å². The first kappa shape index (κ1) is 13.8. The highest BCUT2D eigenvalue weighted by atomic mass is 16.7. The molecule has 3 fully saturated rings. The standard InChI is InChI=1S/C15H27NO3/c1-2-5-16-10-12(11-17)8-13-9-15(4-3-14(13)16)18-6-7-19-15/h12-14,17H,2-11H2,1H3/t12-,13+,14+/m1/s1. The predicted molar refractivity (Wildman–Crippen MR) is 72.8 cm³/mol. The summed E-state index contributed by atoms with van der Waals surface area (Å²) in [5.41, 5.74) is 0. The van der Waals surface area contributed by atoms with Gasteiger partial charge in [0.15, 0.2) is 5.79 Å². The van der Waals surface area contributed by atoms with Gasteiger partial charge in [0.25, 0.3) is 0 Å². The molecule has 0 unspecified atom stereocenters. The van der Waals surface area contributed by atoms with Crippen LogP contribution in [-0.2, 0) is 9.47 Å². The molecule has 3 atom stereocenters. The third-order valence-corrected chi connectivity index (χ3v) is 5.12. The minimum absolute atomic E-state index is 0.281. The summed E-state index contributed by atoms with van der Waals surface area (Å²) in [7, 11) is 0. The van der Waals surface area contributed by atoms with E-state index in [1.54, 1.807) is 0 Å². The normalized spacial score (nSPS) is 38.5. The van der Waals surface area contributed by atoms with Crippen LogP contribution < -0.4 is 0 Å². The predicted octanol–water partition coefficient (Wildman–Crippen LogP) is 1.62. The van der Waals surface area contributed by atoms with Crippen molar-refractivity contribution in [2.24, 2.45) is 11.8 Å². The van der Waals surface area contributed by atoms with Crippen LogP contribution in [0.15, 0.2) is 0 Å². The van der Waals surface area contributed by atoms with Crippen molar-refractivity contribution in [1.29, 1.82) is 0 Å².